The molecule has 1 nitrogen and oxygen atoms in total. The van der Waals surface area contributed by atoms with Gasteiger partial charge >= 0.3 is 0 Å². The zero-order valence-electron chi connectivity index (χ0n) is 13.7. The molecule has 1 heteroatoms. The van der Waals surface area contributed by atoms with Crippen LogP contribution in [0.3, 0.4) is 0 Å². The van der Waals surface area contributed by atoms with Crippen LogP contribution in [0.5, 0.6) is 0 Å². The van der Waals surface area contributed by atoms with Gasteiger partial charge in [0.05, 0.1) is 0 Å². The Morgan fingerprint density at radius 3 is 2.00 bits per heavy atom. The van der Waals surface area contributed by atoms with Crippen molar-refractivity contribution in [1.29, 1.82) is 0 Å². The first kappa shape index (κ1) is 18.2. The highest BCUT2D eigenvalue weighted by molar-refractivity contribution is 5.13. The molecular formula is C18H33N. The maximum atomic E-state index is 2.30. The number of aryl methyl sites for hydroxylation is 1. The summed E-state index contributed by atoms with van der Waals surface area (Å²) in [5.74, 6) is 0.921. The number of nitrogens with zero attached hydrogens (tertiary/aromatic N) is 1. The van der Waals surface area contributed by atoms with Crippen molar-refractivity contribution in [1.82, 2.24) is 4.90 Å². The van der Waals surface area contributed by atoms with E-state index in [0.29, 0.717) is 0 Å². The van der Waals surface area contributed by atoms with Gasteiger partial charge in [0, 0.05) is 6.54 Å². The quantitative estimate of drug-likeness (QED) is 0.668. The predicted octanol–water partition coefficient (Wildman–Crippen LogP) is 5.01. The van der Waals surface area contributed by atoms with Crippen LogP contribution in [0.15, 0.2) is 30.3 Å². The molecule has 0 bridgehead atoms. The summed E-state index contributed by atoms with van der Waals surface area (Å²) in [5, 5.41) is 0. The minimum absolute atomic E-state index is 0.921. The predicted molar refractivity (Wildman–Crippen MR) is 87.7 cm³/mol. The van der Waals surface area contributed by atoms with Crippen LogP contribution in [0.2, 0.25) is 0 Å². The molecule has 1 unspecified atom stereocenters. The molecule has 0 saturated carbocycles. The monoisotopic (exact) mass is 263 g/mol. The molecule has 0 N–H and O–H groups in total. The normalized spacial score (nSPS) is 11.9. The lowest BCUT2D eigenvalue weighted by atomic mass is 9.99. The van der Waals surface area contributed by atoms with E-state index in [1.165, 1.54) is 37.8 Å². The van der Waals surface area contributed by atoms with Crippen LogP contribution in [0, 0.1) is 5.92 Å². The fourth-order valence-corrected chi connectivity index (χ4v) is 2.15. The Kier molecular flexibility index (Phi) is 11.7. The fraction of sp³-hybridized carbons (Fsp3) is 0.667. The zero-order chi connectivity index (χ0) is 14.5. The molecule has 1 rings (SSSR count). The highest BCUT2D eigenvalue weighted by Gasteiger charge is 2.05. The fourth-order valence-electron chi connectivity index (χ4n) is 2.15. The number of unbranched alkanes of at least 4 members (excludes halogenated alkanes) is 1. The lowest BCUT2D eigenvalue weighted by Gasteiger charge is -2.18. The molecule has 1 aromatic rings. The SMILES string of the molecule is CCCCC(CC)CN(C)C.CCc1ccccc1. The van der Waals surface area contributed by atoms with Gasteiger partial charge in [-0.1, -0.05) is 70.4 Å². The van der Waals surface area contributed by atoms with Crippen molar-refractivity contribution in [2.75, 3.05) is 20.6 Å². The molecule has 0 saturated heterocycles. The second-order valence-corrected chi connectivity index (χ2v) is 5.52. The van der Waals surface area contributed by atoms with Crippen molar-refractivity contribution in [3.8, 4) is 0 Å². The van der Waals surface area contributed by atoms with Gasteiger partial charge in [0.1, 0.15) is 0 Å². The zero-order valence-corrected chi connectivity index (χ0v) is 13.7. The number of hydrogen-bond donors (Lipinski definition) is 0. The molecular weight excluding hydrogens is 230 g/mol. The molecule has 19 heavy (non-hydrogen) atoms. The van der Waals surface area contributed by atoms with Crippen LogP contribution >= 0.6 is 0 Å². The van der Waals surface area contributed by atoms with E-state index in [1.807, 2.05) is 6.07 Å². The van der Waals surface area contributed by atoms with Crippen LogP contribution in [-0.4, -0.2) is 25.5 Å². The van der Waals surface area contributed by atoms with Crippen molar-refractivity contribution >= 4 is 0 Å². The van der Waals surface area contributed by atoms with Crippen molar-refractivity contribution in [2.24, 2.45) is 5.92 Å². The van der Waals surface area contributed by atoms with Crippen molar-refractivity contribution in [3.63, 3.8) is 0 Å². The van der Waals surface area contributed by atoms with Gasteiger partial charge in [0.15, 0.2) is 0 Å². The molecule has 0 aliphatic heterocycles. The molecule has 0 radical (unpaired) electrons. The minimum atomic E-state index is 0.921. The minimum Gasteiger partial charge on any atom is -0.309 e. The summed E-state index contributed by atoms with van der Waals surface area (Å²) in [6.45, 7) is 7.98. The Labute approximate surface area is 121 Å². The van der Waals surface area contributed by atoms with E-state index in [0.717, 1.165) is 12.3 Å². The van der Waals surface area contributed by atoms with Gasteiger partial charge in [-0.05, 0) is 38.4 Å². The molecule has 0 aliphatic rings. The second-order valence-electron chi connectivity index (χ2n) is 5.52. The van der Waals surface area contributed by atoms with E-state index in [4.69, 9.17) is 0 Å². The highest BCUT2D eigenvalue weighted by atomic mass is 15.1. The third-order valence-electron chi connectivity index (χ3n) is 3.42. The van der Waals surface area contributed by atoms with Crippen molar-refractivity contribution in [3.05, 3.63) is 35.9 Å². The van der Waals surface area contributed by atoms with Crippen LogP contribution < -0.4 is 0 Å². The van der Waals surface area contributed by atoms with E-state index in [9.17, 15) is 0 Å². The van der Waals surface area contributed by atoms with Gasteiger partial charge in [-0.15, -0.1) is 0 Å². The van der Waals surface area contributed by atoms with Crippen molar-refractivity contribution in [2.45, 2.75) is 52.9 Å². The van der Waals surface area contributed by atoms with E-state index in [1.54, 1.807) is 0 Å². The molecule has 0 aromatic heterocycles. The molecule has 0 spiro atoms. The maximum Gasteiger partial charge on any atom is 0.000346 e. The van der Waals surface area contributed by atoms with E-state index in [2.05, 4.69) is 64.0 Å². The topological polar surface area (TPSA) is 3.24 Å². The average Bonchev–Trinajstić information content (AvgIpc) is 2.44. The van der Waals surface area contributed by atoms with Crippen LogP contribution in [0.1, 0.15) is 52.0 Å². The van der Waals surface area contributed by atoms with Crippen LogP contribution in [-0.2, 0) is 6.42 Å². The van der Waals surface area contributed by atoms with E-state index < -0.39 is 0 Å². The van der Waals surface area contributed by atoms with Crippen LogP contribution in [0.4, 0.5) is 0 Å². The Hall–Kier alpha value is -0.820. The van der Waals surface area contributed by atoms with Gasteiger partial charge in [-0.3, -0.25) is 0 Å². The van der Waals surface area contributed by atoms with E-state index >= 15 is 0 Å². The largest absolute Gasteiger partial charge is 0.309 e. The van der Waals surface area contributed by atoms with Gasteiger partial charge in [-0.2, -0.15) is 0 Å². The number of benzene rings is 1. The molecule has 1 aromatic carbocycles. The first-order valence-electron chi connectivity index (χ1n) is 7.82. The summed E-state index contributed by atoms with van der Waals surface area (Å²) in [5.41, 5.74) is 1.41. The standard InChI is InChI=1S/C10H23N.C8H10/c1-5-7-8-10(6-2)9-11(3)4;1-2-8-6-4-3-5-7-8/h10H,5-9H2,1-4H3;3-7H,2H2,1H3. The summed E-state index contributed by atoms with van der Waals surface area (Å²) in [6.07, 6.45) is 6.61. The average molecular weight is 263 g/mol. The Bertz CT molecular complexity index is 279. The summed E-state index contributed by atoms with van der Waals surface area (Å²) >= 11 is 0. The Morgan fingerprint density at radius 1 is 1.00 bits per heavy atom. The third-order valence-corrected chi connectivity index (χ3v) is 3.42. The van der Waals surface area contributed by atoms with E-state index in [-0.39, 0.29) is 0 Å². The molecule has 110 valence electrons. The first-order chi connectivity index (χ1) is 9.13. The summed E-state index contributed by atoms with van der Waals surface area (Å²) in [4.78, 5) is 2.30. The summed E-state index contributed by atoms with van der Waals surface area (Å²) in [6, 6.07) is 10.5. The molecule has 0 aliphatic carbocycles. The maximum absolute atomic E-state index is 2.30. The molecule has 0 fully saturated rings. The second kappa shape index (κ2) is 12.2. The van der Waals surface area contributed by atoms with Gasteiger partial charge in [0.2, 0.25) is 0 Å². The lowest BCUT2D eigenvalue weighted by Crippen LogP contribution is -2.21. The highest BCUT2D eigenvalue weighted by Crippen LogP contribution is 2.12. The summed E-state index contributed by atoms with van der Waals surface area (Å²) < 4.78 is 0. The Morgan fingerprint density at radius 2 is 1.63 bits per heavy atom. The summed E-state index contributed by atoms with van der Waals surface area (Å²) in [7, 11) is 4.32. The van der Waals surface area contributed by atoms with Gasteiger partial charge < -0.3 is 4.90 Å². The van der Waals surface area contributed by atoms with Gasteiger partial charge in [0.25, 0.3) is 0 Å². The van der Waals surface area contributed by atoms with Crippen LogP contribution in [0.25, 0.3) is 0 Å². The van der Waals surface area contributed by atoms with Crippen molar-refractivity contribution < 1.29 is 0 Å². The smallest absolute Gasteiger partial charge is 0.000346 e. The molecule has 0 heterocycles. The number of rotatable bonds is 7. The Balaban J connectivity index is 0.000000356. The lowest BCUT2D eigenvalue weighted by molar-refractivity contribution is 0.301. The molecule has 1 atom stereocenters. The van der Waals surface area contributed by atoms with Gasteiger partial charge in [-0.25, -0.2) is 0 Å². The third kappa shape index (κ3) is 10.8. The molecule has 0 amide bonds. The first-order valence-corrected chi connectivity index (χ1v) is 7.82. The number of hydrogen-bond acceptors (Lipinski definition) is 1.